The topological polar surface area (TPSA) is 112 Å². The van der Waals surface area contributed by atoms with Crippen LogP contribution in [0.25, 0.3) is 0 Å². The SMILES string of the molecule is O=C(O[C@H]([C@H](O)[C@@H]1COC2(CCCCC2)O1)[C@@H](CO)OC(=O)c1ccccc1)c1ccccc1. The quantitative estimate of drug-likeness (QED) is 0.567. The van der Waals surface area contributed by atoms with Crippen molar-refractivity contribution in [3.63, 3.8) is 0 Å². The van der Waals surface area contributed by atoms with Gasteiger partial charge in [-0.1, -0.05) is 42.8 Å². The first kappa shape index (κ1) is 24.3. The third-order valence-corrected chi connectivity index (χ3v) is 6.28. The maximum absolute atomic E-state index is 12.8. The van der Waals surface area contributed by atoms with Gasteiger partial charge in [-0.25, -0.2) is 9.59 Å². The minimum atomic E-state index is -1.39. The lowest BCUT2D eigenvalue weighted by Gasteiger charge is -2.34. The van der Waals surface area contributed by atoms with Crippen LogP contribution in [0.15, 0.2) is 60.7 Å². The highest BCUT2D eigenvalue weighted by atomic mass is 16.7. The van der Waals surface area contributed by atoms with E-state index in [9.17, 15) is 19.8 Å². The summed E-state index contributed by atoms with van der Waals surface area (Å²) < 4.78 is 23.1. The number of carbonyl (C=O) groups excluding carboxylic acids is 2. The van der Waals surface area contributed by atoms with Crippen molar-refractivity contribution < 1.29 is 38.7 Å². The summed E-state index contributed by atoms with van der Waals surface area (Å²) in [5, 5.41) is 21.3. The Bertz CT molecular complexity index is 942. The fourth-order valence-corrected chi connectivity index (χ4v) is 4.43. The molecule has 1 saturated heterocycles. The minimum Gasteiger partial charge on any atom is -0.452 e. The Morgan fingerprint density at radius 3 is 2.03 bits per heavy atom. The first-order valence-electron chi connectivity index (χ1n) is 11.6. The van der Waals surface area contributed by atoms with Crippen LogP contribution < -0.4 is 0 Å². The highest BCUT2D eigenvalue weighted by Crippen LogP contribution is 2.39. The van der Waals surface area contributed by atoms with Gasteiger partial charge in [0.1, 0.15) is 12.2 Å². The molecule has 0 amide bonds. The number of hydrogen-bond acceptors (Lipinski definition) is 8. The van der Waals surface area contributed by atoms with Crippen LogP contribution in [0.4, 0.5) is 0 Å². The summed E-state index contributed by atoms with van der Waals surface area (Å²) in [4.78, 5) is 25.5. The number of hydrogen-bond donors (Lipinski definition) is 2. The van der Waals surface area contributed by atoms with Gasteiger partial charge in [0.15, 0.2) is 18.0 Å². The maximum atomic E-state index is 12.8. The molecule has 8 heteroatoms. The van der Waals surface area contributed by atoms with Crippen LogP contribution in [0.1, 0.15) is 52.8 Å². The van der Waals surface area contributed by atoms with E-state index >= 15 is 0 Å². The molecule has 2 N–H and O–H groups in total. The minimum absolute atomic E-state index is 0.103. The number of ether oxygens (including phenoxy) is 4. The lowest BCUT2D eigenvalue weighted by Crippen LogP contribution is -2.51. The van der Waals surface area contributed by atoms with Gasteiger partial charge >= 0.3 is 11.9 Å². The van der Waals surface area contributed by atoms with E-state index in [4.69, 9.17) is 18.9 Å². The molecular weight excluding hydrogens is 440 g/mol. The largest absolute Gasteiger partial charge is 0.452 e. The van der Waals surface area contributed by atoms with Crippen molar-refractivity contribution in [2.45, 2.75) is 62.3 Å². The average molecular weight is 471 g/mol. The molecule has 2 aromatic carbocycles. The molecule has 2 fully saturated rings. The first-order chi connectivity index (χ1) is 16.5. The van der Waals surface area contributed by atoms with E-state index in [0.717, 1.165) is 32.1 Å². The zero-order valence-electron chi connectivity index (χ0n) is 18.9. The van der Waals surface area contributed by atoms with Gasteiger partial charge in [-0.2, -0.15) is 0 Å². The van der Waals surface area contributed by atoms with Crippen LogP contribution in [0.5, 0.6) is 0 Å². The fraction of sp³-hybridized carbons (Fsp3) is 0.462. The zero-order valence-corrected chi connectivity index (χ0v) is 18.9. The molecule has 1 aliphatic carbocycles. The molecule has 0 aromatic heterocycles. The maximum Gasteiger partial charge on any atom is 0.338 e. The Balaban J connectivity index is 1.53. The van der Waals surface area contributed by atoms with E-state index in [1.807, 2.05) is 0 Å². The highest BCUT2D eigenvalue weighted by molar-refractivity contribution is 5.90. The van der Waals surface area contributed by atoms with Gasteiger partial charge in [0, 0.05) is 12.8 Å². The summed E-state index contributed by atoms with van der Waals surface area (Å²) in [7, 11) is 0. The van der Waals surface area contributed by atoms with Crippen molar-refractivity contribution in [1.82, 2.24) is 0 Å². The third kappa shape index (κ3) is 5.64. The third-order valence-electron chi connectivity index (χ3n) is 6.28. The smallest absolute Gasteiger partial charge is 0.338 e. The summed E-state index contributed by atoms with van der Waals surface area (Å²) in [6.45, 7) is -0.563. The summed E-state index contributed by atoms with van der Waals surface area (Å²) in [5.74, 6) is -2.18. The van der Waals surface area contributed by atoms with E-state index < -0.39 is 48.7 Å². The molecule has 182 valence electrons. The fourth-order valence-electron chi connectivity index (χ4n) is 4.43. The van der Waals surface area contributed by atoms with Gasteiger partial charge in [-0.15, -0.1) is 0 Å². The standard InChI is InChI=1S/C26H30O8/c27-16-20(32-24(29)18-10-4-1-5-11-18)23(33-25(30)19-12-6-2-7-13-19)22(28)21-17-31-26(34-21)14-8-3-9-15-26/h1-2,4-7,10-13,20-23,27-28H,3,8-9,14-17H2/t20-,21+,22-,23+/m1/s1. The number of benzene rings is 2. The highest BCUT2D eigenvalue weighted by Gasteiger charge is 2.48. The Morgan fingerprint density at radius 1 is 0.912 bits per heavy atom. The Labute approximate surface area is 198 Å². The number of esters is 2. The first-order valence-corrected chi connectivity index (χ1v) is 11.6. The van der Waals surface area contributed by atoms with Gasteiger partial charge < -0.3 is 29.2 Å². The molecule has 1 heterocycles. The summed E-state index contributed by atoms with van der Waals surface area (Å²) >= 11 is 0. The van der Waals surface area contributed by atoms with Crippen molar-refractivity contribution in [2.75, 3.05) is 13.2 Å². The predicted octanol–water partition coefficient (Wildman–Crippen LogP) is 2.87. The van der Waals surface area contributed by atoms with Crippen LogP contribution in [0.2, 0.25) is 0 Å². The molecule has 2 aromatic rings. The molecule has 0 bridgehead atoms. The van der Waals surface area contributed by atoms with Gasteiger partial charge in [-0.3, -0.25) is 0 Å². The van der Waals surface area contributed by atoms with Crippen molar-refractivity contribution >= 4 is 11.9 Å². The molecule has 0 radical (unpaired) electrons. The lowest BCUT2D eigenvalue weighted by molar-refractivity contribution is -0.205. The Hall–Kier alpha value is -2.78. The van der Waals surface area contributed by atoms with E-state index in [-0.39, 0.29) is 17.7 Å². The lowest BCUT2D eigenvalue weighted by atomic mass is 9.94. The number of carbonyl (C=O) groups is 2. The van der Waals surface area contributed by atoms with Crippen LogP contribution in [-0.2, 0) is 18.9 Å². The summed E-state index contributed by atoms with van der Waals surface area (Å²) in [5.41, 5.74) is 0.531. The van der Waals surface area contributed by atoms with E-state index in [1.54, 1.807) is 60.7 Å². The molecule has 4 atom stereocenters. The molecule has 8 nitrogen and oxygen atoms in total. The number of rotatable bonds is 8. The molecule has 1 saturated carbocycles. The molecule has 1 aliphatic heterocycles. The second-order valence-electron chi connectivity index (χ2n) is 8.66. The van der Waals surface area contributed by atoms with Crippen molar-refractivity contribution in [1.29, 1.82) is 0 Å². The van der Waals surface area contributed by atoms with Gasteiger partial charge in [0.2, 0.25) is 0 Å². The van der Waals surface area contributed by atoms with Gasteiger partial charge in [0.05, 0.1) is 24.3 Å². The van der Waals surface area contributed by atoms with Crippen molar-refractivity contribution in [2.24, 2.45) is 0 Å². The van der Waals surface area contributed by atoms with E-state index in [2.05, 4.69) is 0 Å². The number of aliphatic hydroxyl groups is 2. The molecule has 4 rings (SSSR count). The molecule has 2 aliphatic rings. The Kier molecular flexibility index (Phi) is 7.95. The zero-order chi connectivity index (χ0) is 24.0. The van der Waals surface area contributed by atoms with Crippen LogP contribution in [-0.4, -0.2) is 65.6 Å². The molecule has 0 unspecified atom stereocenters. The van der Waals surface area contributed by atoms with Gasteiger partial charge in [-0.05, 0) is 37.1 Å². The van der Waals surface area contributed by atoms with Crippen LogP contribution in [0.3, 0.4) is 0 Å². The number of aliphatic hydroxyl groups excluding tert-OH is 2. The summed E-state index contributed by atoms with van der Waals surface area (Å²) in [6.07, 6.45) is -0.438. The van der Waals surface area contributed by atoms with Crippen molar-refractivity contribution in [3.8, 4) is 0 Å². The van der Waals surface area contributed by atoms with Gasteiger partial charge in [0.25, 0.3) is 0 Å². The molecule has 1 spiro atoms. The second-order valence-corrected chi connectivity index (χ2v) is 8.66. The summed E-state index contributed by atoms with van der Waals surface area (Å²) in [6, 6.07) is 16.5. The monoisotopic (exact) mass is 470 g/mol. The van der Waals surface area contributed by atoms with E-state index in [0.29, 0.717) is 0 Å². The average Bonchev–Trinajstić information content (AvgIpc) is 3.29. The molecular formula is C26H30O8. The predicted molar refractivity (Wildman–Crippen MR) is 121 cm³/mol. The van der Waals surface area contributed by atoms with Crippen LogP contribution in [0, 0.1) is 0 Å². The normalized spacial score (nSPS) is 22.0. The van der Waals surface area contributed by atoms with E-state index in [1.165, 1.54) is 0 Å². The Morgan fingerprint density at radius 2 is 1.47 bits per heavy atom. The van der Waals surface area contributed by atoms with Crippen molar-refractivity contribution in [3.05, 3.63) is 71.8 Å². The molecule has 34 heavy (non-hydrogen) atoms. The van der Waals surface area contributed by atoms with Crippen LogP contribution >= 0.6 is 0 Å². The second kappa shape index (κ2) is 11.1.